The Morgan fingerprint density at radius 3 is 2.87 bits per heavy atom. The molecule has 15 heavy (non-hydrogen) atoms. The molecule has 0 aromatic carbocycles. The zero-order valence-electron chi connectivity index (χ0n) is 9.37. The lowest BCUT2D eigenvalue weighted by Gasteiger charge is -2.47. The molecule has 0 saturated heterocycles. The standard InChI is InChI=1S/C12H20O3/c1-9(13)15-12-7-3-2-4-10(12)5-6-11(14)8-12/h10-11,14H,2-8H2,1H3/t10-,11-,12+/m0/s1. The van der Waals surface area contributed by atoms with Crippen molar-refractivity contribution in [1.82, 2.24) is 0 Å². The van der Waals surface area contributed by atoms with E-state index in [1.165, 1.54) is 13.3 Å². The summed E-state index contributed by atoms with van der Waals surface area (Å²) in [4.78, 5) is 11.2. The molecule has 0 aromatic heterocycles. The number of rotatable bonds is 1. The number of hydrogen-bond acceptors (Lipinski definition) is 3. The largest absolute Gasteiger partial charge is 0.459 e. The lowest BCUT2D eigenvalue weighted by molar-refractivity contribution is -0.180. The number of ether oxygens (including phenoxy) is 1. The molecule has 3 atom stereocenters. The highest BCUT2D eigenvalue weighted by atomic mass is 16.6. The van der Waals surface area contributed by atoms with Crippen LogP contribution in [0.4, 0.5) is 0 Å². The summed E-state index contributed by atoms with van der Waals surface area (Å²) >= 11 is 0. The highest BCUT2D eigenvalue weighted by molar-refractivity contribution is 5.66. The van der Waals surface area contributed by atoms with E-state index in [4.69, 9.17) is 4.74 Å². The van der Waals surface area contributed by atoms with Crippen LogP contribution >= 0.6 is 0 Å². The molecular formula is C12H20O3. The summed E-state index contributed by atoms with van der Waals surface area (Å²) in [6.45, 7) is 1.47. The Morgan fingerprint density at radius 1 is 1.33 bits per heavy atom. The van der Waals surface area contributed by atoms with E-state index in [0.29, 0.717) is 12.3 Å². The van der Waals surface area contributed by atoms with Gasteiger partial charge in [0.2, 0.25) is 0 Å². The third kappa shape index (κ3) is 2.17. The molecule has 2 saturated carbocycles. The molecule has 0 heterocycles. The number of hydrogen-bond donors (Lipinski definition) is 1. The van der Waals surface area contributed by atoms with Crippen molar-refractivity contribution in [2.75, 3.05) is 0 Å². The number of aliphatic hydroxyl groups excluding tert-OH is 1. The van der Waals surface area contributed by atoms with Crippen LogP contribution in [0.2, 0.25) is 0 Å². The minimum Gasteiger partial charge on any atom is -0.459 e. The summed E-state index contributed by atoms with van der Waals surface area (Å²) in [6.07, 6.45) is 6.70. The van der Waals surface area contributed by atoms with Crippen LogP contribution in [-0.4, -0.2) is 22.8 Å². The minimum atomic E-state index is -0.332. The molecule has 2 aliphatic carbocycles. The van der Waals surface area contributed by atoms with E-state index in [0.717, 1.165) is 32.1 Å². The lowest BCUT2D eigenvalue weighted by Crippen LogP contribution is -2.50. The van der Waals surface area contributed by atoms with E-state index in [9.17, 15) is 9.90 Å². The summed E-state index contributed by atoms with van der Waals surface area (Å²) in [5.74, 6) is 0.287. The van der Waals surface area contributed by atoms with Gasteiger partial charge in [-0.3, -0.25) is 4.79 Å². The Bertz CT molecular complexity index is 251. The Labute approximate surface area is 90.8 Å². The summed E-state index contributed by atoms with van der Waals surface area (Å²) in [5.41, 5.74) is -0.332. The topological polar surface area (TPSA) is 46.5 Å². The summed E-state index contributed by atoms with van der Waals surface area (Å²) < 4.78 is 5.55. The molecule has 86 valence electrons. The first kappa shape index (κ1) is 10.9. The highest BCUT2D eigenvalue weighted by Crippen LogP contribution is 2.46. The van der Waals surface area contributed by atoms with Gasteiger partial charge in [-0.25, -0.2) is 0 Å². The molecule has 2 aliphatic rings. The summed E-state index contributed by atoms with van der Waals surface area (Å²) in [7, 11) is 0. The van der Waals surface area contributed by atoms with Crippen molar-refractivity contribution in [3.63, 3.8) is 0 Å². The molecule has 0 bridgehead atoms. The zero-order valence-corrected chi connectivity index (χ0v) is 9.37. The van der Waals surface area contributed by atoms with Gasteiger partial charge >= 0.3 is 5.97 Å². The fourth-order valence-electron chi connectivity index (χ4n) is 3.32. The van der Waals surface area contributed by atoms with E-state index in [2.05, 4.69) is 0 Å². The molecule has 3 nitrogen and oxygen atoms in total. The van der Waals surface area contributed by atoms with Gasteiger partial charge in [-0.2, -0.15) is 0 Å². The predicted molar refractivity (Wildman–Crippen MR) is 56.3 cm³/mol. The second kappa shape index (κ2) is 4.12. The van der Waals surface area contributed by atoms with Gasteiger partial charge in [0.05, 0.1) is 6.10 Å². The Morgan fingerprint density at radius 2 is 2.13 bits per heavy atom. The van der Waals surface area contributed by atoms with Gasteiger partial charge in [-0.1, -0.05) is 6.42 Å². The molecule has 2 rings (SSSR count). The van der Waals surface area contributed by atoms with Crippen LogP contribution in [0, 0.1) is 5.92 Å². The van der Waals surface area contributed by atoms with Crippen LogP contribution in [0.25, 0.3) is 0 Å². The monoisotopic (exact) mass is 212 g/mol. The Kier molecular flexibility index (Phi) is 3.01. The van der Waals surface area contributed by atoms with Crippen molar-refractivity contribution in [3.8, 4) is 0 Å². The second-order valence-electron chi connectivity index (χ2n) is 5.04. The van der Waals surface area contributed by atoms with E-state index in [-0.39, 0.29) is 17.7 Å². The molecular weight excluding hydrogens is 192 g/mol. The Hall–Kier alpha value is -0.570. The van der Waals surface area contributed by atoms with E-state index >= 15 is 0 Å². The van der Waals surface area contributed by atoms with Crippen molar-refractivity contribution in [2.24, 2.45) is 5.92 Å². The van der Waals surface area contributed by atoms with Gasteiger partial charge in [0, 0.05) is 13.3 Å². The van der Waals surface area contributed by atoms with Crippen LogP contribution in [0.3, 0.4) is 0 Å². The van der Waals surface area contributed by atoms with Crippen LogP contribution < -0.4 is 0 Å². The molecule has 3 heteroatoms. The third-order valence-electron chi connectivity index (χ3n) is 3.92. The van der Waals surface area contributed by atoms with Gasteiger partial charge in [0.25, 0.3) is 0 Å². The van der Waals surface area contributed by atoms with Crippen molar-refractivity contribution in [2.45, 2.75) is 63.6 Å². The fraction of sp³-hybridized carbons (Fsp3) is 0.917. The smallest absolute Gasteiger partial charge is 0.303 e. The predicted octanol–water partition coefficient (Wildman–Crippen LogP) is 2.02. The molecule has 0 radical (unpaired) electrons. The quantitative estimate of drug-likeness (QED) is 0.676. The van der Waals surface area contributed by atoms with E-state index in [1.807, 2.05) is 0 Å². The number of carbonyl (C=O) groups is 1. The first-order valence-electron chi connectivity index (χ1n) is 6.00. The third-order valence-corrected chi connectivity index (χ3v) is 3.92. The van der Waals surface area contributed by atoms with Crippen molar-refractivity contribution in [3.05, 3.63) is 0 Å². The van der Waals surface area contributed by atoms with Gasteiger partial charge in [-0.15, -0.1) is 0 Å². The molecule has 0 spiro atoms. The van der Waals surface area contributed by atoms with Crippen molar-refractivity contribution < 1.29 is 14.6 Å². The SMILES string of the molecule is CC(=O)O[C@@]12CCCC[C@H]1CC[C@H](O)C2. The van der Waals surface area contributed by atoms with Gasteiger partial charge in [-0.05, 0) is 38.0 Å². The minimum absolute atomic E-state index is 0.198. The van der Waals surface area contributed by atoms with Gasteiger partial charge in [0.15, 0.2) is 0 Å². The van der Waals surface area contributed by atoms with Crippen LogP contribution in [0.1, 0.15) is 51.9 Å². The number of esters is 1. The Balaban J connectivity index is 2.15. The van der Waals surface area contributed by atoms with Crippen molar-refractivity contribution in [1.29, 1.82) is 0 Å². The first-order chi connectivity index (χ1) is 7.12. The number of carbonyl (C=O) groups excluding carboxylic acids is 1. The average molecular weight is 212 g/mol. The second-order valence-corrected chi connectivity index (χ2v) is 5.04. The highest BCUT2D eigenvalue weighted by Gasteiger charge is 2.47. The maximum Gasteiger partial charge on any atom is 0.303 e. The van der Waals surface area contributed by atoms with Crippen LogP contribution in [0.5, 0.6) is 0 Å². The van der Waals surface area contributed by atoms with Gasteiger partial charge in [0.1, 0.15) is 5.60 Å². The zero-order chi connectivity index (χ0) is 10.9. The lowest BCUT2D eigenvalue weighted by atomic mass is 9.66. The first-order valence-corrected chi connectivity index (χ1v) is 6.00. The normalized spacial score (nSPS) is 40.7. The molecule has 0 amide bonds. The van der Waals surface area contributed by atoms with E-state index in [1.54, 1.807) is 0 Å². The molecule has 1 N–H and O–H groups in total. The maximum absolute atomic E-state index is 11.2. The summed E-state index contributed by atoms with van der Waals surface area (Å²) in [5, 5.41) is 9.73. The van der Waals surface area contributed by atoms with Crippen LogP contribution in [0.15, 0.2) is 0 Å². The van der Waals surface area contributed by atoms with E-state index < -0.39 is 0 Å². The van der Waals surface area contributed by atoms with Crippen LogP contribution in [-0.2, 0) is 9.53 Å². The van der Waals surface area contributed by atoms with Crippen molar-refractivity contribution >= 4 is 5.97 Å². The maximum atomic E-state index is 11.2. The molecule has 0 unspecified atom stereocenters. The van der Waals surface area contributed by atoms with Gasteiger partial charge < -0.3 is 9.84 Å². The number of aliphatic hydroxyl groups is 1. The molecule has 0 aliphatic heterocycles. The number of fused-ring (bicyclic) bond motifs is 1. The average Bonchev–Trinajstić information content (AvgIpc) is 2.15. The summed E-state index contributed by atoms with van der Waals surface area (Å²) in [6, 6.07) is 0. The fourth-order valence-corrected chi connectivity index (χ4v) is 3.32. The molecule has 2 fully saturated rings. The molecule has 0 aromatic rings.